The maximum Gasteiger partial charge on any atom is 0.0457 e. The van der Waals surface area contributed by atoms with Crippen LogP contribution in [0.2, 0.25) is 0 Å². The molecule has 1 aromatic carbocycles. The van der Waals surface area contributed by atoms with E-state index in [0.717, 1.165) is 5.69 Å². The van der Waals surface area contributed by atoms with Crippen LogP contribution in [0.4, 0.5) is 5.69 Å². The minimum atomic E-state index is 0.410. The Morgan fingerprint density at radius 1 is 1.29 bits per heavy atom. The Morgan fingerprint density at radius 2 is 2.07 bits per heavy atom. The van der Waals surface area contributed by atoms with Gasteiger partial charge in [-0.05, 0) is 37.1 Å². The molecule has 1 aliphatic rings. The van der Waals surface area contributed by atoms with E-state index < -0.39 is 0 Å². The molecule has 1 saturated carbocycles. The van der Waals surface area contributed by atoms with Crippen LogP contribution >= 0.6 is 0 Å². The van der Waals surface area contributed by atoms with Crippen molar-refractivity contribution in [2.24, 2.45) is 0 Å². The minimum absolute atomic E-state index is 0.410. The number of fused-ring (bicyclic) bond motifs is 1. The number of rotatable bonds is 1. The summed E-state index contributed by atoms with van der Waals surface area (Å²) in [6.07, 6.45) is 2.60. The first kappa shape index (κ1) is 7.92. The zero-order chi connectivity index (χ0) is 9.76. The lowest BCUT2D eigenvalue weighted by Crippen LogP contribution is -1.98. The van der Waals surface area contributed by atoms with Crippen molar-refractivity contribution in [3.63, 3.8) is 0 Å². The van der Waals surface area contributed by atoms with Crippen molar-refractivity contribution in [2.75, 3.05) is 5.73 Å². The highest BCUT2D eigenvalue weighted by atomic mass is 14.8. The number of anilines is 1. The average molecular weight is 186 g/mol. The van der Waals surface area contributed by atoms with Crippen molar-refractivity contribution in [2.45, 2.75) is 25.2 Å². The van der Waals surface area contributed by atoms with Gasteiger partial charge in [-0.15, -0.1) is 0 Å². The molecule has 3 rings (SSSR count). The second-order valence-electron chi connectivity index (χ2n) is 4.59. The molecule has 0 aliphatic heterocycles. The lowest BCUT2D eigenvalue weighted by Gasteiger charge is -2.02. The number of aromatic amines is 1. The van der Waals surface area contributed by atoms with Gasteiger partial charge >= 0.3 is 0 Å². The summed E-state index contributed by atoms with van der Waals surface area (Å²) in [5.74, 6) is 0. The maximum absolute atomic E-state index is 5.74. The van der Waals surface area contributed by atoms with Crippen molar-refractivity contribution in [1.29, 1.82) is 0 Å². The van der Waals surface area contributed by atoms with Crippen LogP contribution in [0.3, 0.4) is 0 Å². The topological polar surface area (TPSA) is 41.8 Å². The molecule has 2 nitrogen and oxygen atoms in total. The van der Waals surface area contributed by atoms with Crippen LogP contribution in [-0.2, 0) is 5.41 Å². The molecular weight excluding hydrogens is 172 g/mol. The Bertz CT molecular complexity index is 492. The molecule has 0 amide bonds. The Kier molecular flexibility index (Phi) is 1.31. The van der Waals surface area contributed by atoms with E-state index in [4.69, 9.17) is 5.73 Å². The fraction of sp³-hybridized carbons (Fsp3) is 0.333. The third kappa shape index (κ3) is 1.03. The quantitative estimate of drug-likeness (QED) is 0.661. The van der Waals surface area contributed by atoms with Crippen LogP contribution < -0.4 is 5.73 Å². The van der Waals surface area contributed by atoms with E-state index in [1.54, 1.807) is 0 Å². The average Bonchev–Trinajstić information content (AvgIpc) is 2.77. The van der Waals surface area contributed by atoms with E-state index in [0.29, 0.717) is 5.41 Å². The molecule has 72 valence electrons. The summed E-state index contributed by atoms with van der Waals surface area (Å²) in [5, 5.41) is 1.23. The van der Waals surface area contributed by atoms with Crippen LogP contribution in [0.5, 0.6) is 0 Å². The van der Waals surface area contributed by atoms with Gasteiger partial charge in [0, 0.05) is 27.7 Å². The second-order valence-corrected chi connectivity index (χ2v) is 4.59. The van der Waals surface area contributed by atoms with Gasteiger partial charge in [0.2, 0.25) is 0 Å². The number of nitrogens with one attached hydrogen (secondary N) is 1. The highest BCUT2D eigenvalue weighted by Gasteiger charge is 2.40. The van der Waals surface area contributed by atoms with Gasteiger partial charge < -0.3 is 10.7 Å². The fourth-order valence-electron chi connectivity index (χ4n) is 1.93. The third-order valence-corrected chi connectivity index (χ3v) is 3.30. The Morgan fingerprint density at radius 3 is 2.79 bits per heavy atom. The first-order valence-electron chi connectivity index (χ1n) is 5.06. The fourth-order valence-corrected chi connectivity index (χ4v) is 1.93. The van der Waals surface area contributed by atoms with Crippen molar-refractivity contribution in [3.05, 3.63) is 30.0 Å². The lowest BCUT2D eigenvalue weighted by molar-refractivity contribution is 0.761. The van der Waals surface area contributed by atoms with Crippen LogP contribution in [0, 0.1) is 0 Å². The van der Waals surface area contributed by atoms with Gasteiger partial charge in [-0.25, -0.2) is 0 Å². The smallest absolute Gasteiger partial charge is 0.0457 e. The molecule has 1 aromatic heterocycles. The predicted octanol–water partition coefficient (Wildman–Crippen LogP) is 2.80. The number of aromatic nitrogens is 1. The van der Waals surface area contributed by atoms with Gasteiger partial charge in [0.15, 0.2) is 0 Å². The van der Waals surface area contributed by atoms with E-state index in [1.807, 2.05) is 12.1 Å². The molecule has 2 aromatic rings. The van der Waals surface area contributed by atoms with E-state index >= 15 is 0 Å². The van der Waals surface area contributed by atoms with Crippen molar-refractivity contribution in [1.82, 2.24) is 4.98 Å². The summed E-state index contributed by atoms with van der Waals surface area (Å²) in [5.41, 5.74) is 9.55. The first-order valence-corrected chi connectivity index (χ1v) is 5.06. The Balaban J connectivity index is 2.20. The highest BCUT2D eigenvalue weighted by Crippen LogP contribution is 2.47. The largest absolute Gasteiger partial charge is 0.399 e. The molecule has 0 radical (unpaired) electrons. The molecule has 2 heteroatoms. The van der Waals surface area contributed by atoms with Gasteiger partial charge in [0.05, 0.1) is 0 Å². The number of nitrogen functional groups attached to an aromatic ring is 1. The van der Waals surface area contributed by atoms with Crippen LogP contribution in [-0.4, -0.2) is 4.98 Å². The summed E-state index contributed by atoms with van der Waals surface area (Å²) >= 11 is 0. The number of benzene rings is 1. The van der Waals surface area contributed by atoms with Crippen LogP contribution in [0.1, 0.15) is 25.5 Å². The summed E-state index contributed by atoms with van der Waals surface area (Å²) in [7, 11) is 0. The Hall–Kier alpha value is -1.44. The van der Waals surface area contributed by atoms with E-state index in [9.17, 15) is 0 Å². The third-order valence-electron chi connectivity index (χ3n) is 3.30. The SMILES string of the molecule is CC1(c2cc3cc(N)ccc3[nH]2)CC1. The number of hydrogen-bond acceptors (Lipinski definition) is 1. The van der Waals surface area contributed by atoms with E-state index in [-0.39, 0.29) is 0 Å². The normalized spacial score (nSPS) is 18.6. The molecule has 0 bridgehead atoms. The summed E-state index contributed by atoms with van der Waals surface area (Å²) in [6, 6.07) is 8.26. The predicted molar refractivity (Wildman–Crippen MR) is 59.3 cm³/mol. The molecule has 0 spiro atoms. The summed E-state index contributed by atoms with van der Waals surface area (Å²) < 4.78 is 0. The van der Waals surface area contributed by atoms with Gasteiger partial charge in [-0.2, -0.15) is 0 Å². The summed E-state index contributed by atoms with van der Waals surface area (Å²) in [4.78, 5) is 3.47. The number of nitrogens with two attached hydrogens (primary N) is 1. The summed E-state index contributed by atoms with van der Waals surface area (Å²) in [6.45, 7) is 2.31. The highest BCUT2D eigenvalue weighted by molar-refractivity contribution is 5.84. The van der Waals surface area contributed by atoms with Gasteiger partial charge in [-0.1, -0.05) is 6.92 Å². The molecule has 0 saturated heterocycles. The van der Waals surface area contributed by atoms with E-state index in [1.165, 1.54) is 29.4 Å². The molecule has 1 heterocycles. The molecule has 14 heavy (non-hydrogen) atoms. The monoisotopic (exact) mass is 186 g/mol. The van der Waals surface area contributed by atoms with E-state index in [2.05, 4.69) is 24.0 Å². The van der Waals surface area contributed by atoms with Gasteiger partial charge in [0.1, 0.15) is 0 Å². The molecule has 0 atom stereocenters. The zero-order valence-electron chi connectivity index (χ0n) is 8.30. The standard InChI is InChI=1S/C12H14N2/c1-12(4-5-12)11-7-8-6-9(13)2-3-10(8)14-11/h2-3,6-7,14H,4-5,13H2,1H3. The number of hydrogen-bond donors (Lipinski definition) is 2. The van der Waals surface area contributed by atoms with Crippen LogP contribution in [0.15, 0.2) is 24.3 Å². The van der Waals surface area contributed by atoms with Crippen LogP contribution in [0.25, 0.3) is 10.9 Å². The first-order chi connectivity index (χ1) is 6.67. The Labute approximate surface area is 83.1 Å². The molecule has 0 unspecified atom stereocenters. The number of H-pyrrole nitrogens is 1. The van der Waals surface area contributed by atoms with Crippen molar-refractivity contribution < 1.29 is 0 Å². The molecular formula is C12H14N2. The van der Waals surface area contributed by atoms with Gasteiger partial charge in [-0.3, -0.25) is 0 Å². The zero-order valence-corrected chi connectivity index (χ0v) is 8.30. The van der Waals surface area contributed by atoms with Crippen molar-refractivity contribution in [3.8, 4) is 0 Å². The second kappa shape index (κ2) is 2.32. The lowest BCUT2D eigenvalue weighted by atomic mass is 10.1. The molecule has 1 fully saturated rings. The molecule has 1 aliphatic carbocycles. The minimum Gasteiger partial charge on any atom is -0.399 e. The maximum atomic E-state index is 5.74. The van der Waals surface area contributed by atoms with Gasteiger partial charge in [0.25, 0.3) is 0 Å². The molecule has 3 N–H and O–H groups in total. The van der Waals surface area contributed by atoms with Crippen molar-refractivity contribution >= 4 is 16.6 Å².